The molecule has 102 valence electrons. The Labute approximate surface area is 114 Å². The summed E-state index contributed by atoms with van der Waals surface area (Å²) >= 11 is 5.21. The van der Waals surface area contributed by atoms with Crippen molar-refractivity contribution in [2.75, 3.05) is 0 Å². The van der Waals surface area contributed by atoms with Crippen LogP contribution < -0.4 is 16.2 Å². The number of rotatable bonds is 2. The van der Waals surface area contributed by atoms with E-state index in [2.05, 4.69) is 23.1 Å². The second-order valence-electron chi connectivity index (χ2n) is 5.58. The molecule has 0 radical (unpaired) electrons. The number of nitrogens with one attached hydrogen (secondary N) is 3. The number of hydrogen-bond acceptors (Lipinski definition) is 2. The van der Waals surface area contributed by atoms with Gasteiger partial charge >= 0.3 is 0 Å². The molecule has 2 aliphatic rings. The minimum absolute atomic E-state index is 0.0714. The Kier molecular flexibility index (Phi) is 4.80. The second kappa shape index (κ2) is 6.36. The summed E-state index contributed by atoms with van der Waals surface area (Å²) in [7, 11) is 0. The number of amides is 1. The molecule has 18 heavy (non-hydrogen) atoms. The number of hydrazine groups is 1. The molecule has 2 saturated carbocycles. The average molecular weight is 269 g/mol. The first kappa shape index (κ1) is 13.6. The van der Waals surface area contributed by atoms with E-state index in [1.54, 1.807) is 0 Å². The second-order valence-corrected chi connectivity index (χ2v) is 5.99. The average Bonchev–Trinajstić information content (AvgIpc) is 2.27. The van der Waals surface area contributed by atoms with Crippen molar-refractivity contribution < 1.29 is 4.79 Å². The van der Waals surface area contributed by atoms with Gasteiger partial charge in [-0.05, 0) is 43.8 Å². The van der Waals surface area contributed by atoms with Crippen molar-refractivity contribution in [1.29, 1.82) is 0 Å². The van der Waals surface area contributed by atoms with E-state index in [0.29, 0.717) is 17.1 Å². The summed E-state index contributed by atoms with van der Waals surface area (Å²) in [6, 6.07) is 0.444. The van der Waals surface area contributed by atoms with Gasteiger partial charge in [0.25, 0.3) is 0 Å². The molecule has 2 atom stereocenters. The summed E-state index contributed by atoms with van der Waals surface area (Å²) in [5.41, 5.74) is 5.52. The minimum atomic E-state index is 0.0714. The molecule has 0 bridgehead atoms. The Balaban J connectivity index is 1.66. The highest BCUT2D eigenvalue weighted by atomic mass is 32.1. The molecule has 0 unspecified atom stereocenters. The van der Waals surface area contributed by atoms with Crippen LogP contribution in [0.4, 0.5) is 0 Å². The first-order valence-corrected chi connectivity index (χ1v) is 7.44. The molecule has 0 aromatic carbocycles. The fourth-order valence-electron chi connectivity index (χ4n) is 2.63. The van der Waals surface area contributed by atoms with Crippen molar-refractivity contribution in [2.24, 2.45) is 11.8 Å². The molecule has 2 rings (SSSR count). The monoisotopic (exact) mass is 269 g/mol. The van der Waals surface area contributed by atoms with Gasteiger partial charge in [-0.15, -0.1) is 0 Å². The quantitative estimate of drug-likeness (QED) is 0.529. The standard InChI is InChI=1S/C13H23N3OS/c1-9-5-2-3-8-11(9)14-13(18)16-15-12(17)10-6-4-7-10/h9-11H,2-8H2,1H3,(H,15,17)(H2,14,16,18)/t9-,11+/m1/s1. The lowest BCUT2D eigenvalue weighted by atomic mass is 9.85. The molecular weight excluding hydrogens is 246 g/mol. The fourth-order valence-corrected chi connectivity index (χ4v) is 2.83. The van der Waals surface area contributed by atoms with E-state index in [1.807, 2.05) is 0 Å². The van der Waals surface area contributed by atoms with Gasteiger partial charge in [0.15, 0.2) is 5.11 Å². The van der Waals surface area contributed by atoms with Crippen LogP contribution in [-0.4, -0.2) is 17.1 Å². The van der Waals surface area contributed by atoms with Crippen LogP contribution in [0.3, 0.4) is 0 Å². The largest absolute Gasteiger partial charge is 0.358 e. The lowest BCUT2D eigenvalue weighted by Gasteiger charge is -2.31. The van der Waals surface area contributed by atoms with E-state index in [1.165, 1.54) is 32.1 Å². The lowest BCUT2D eigenvalue weighted by molar-refractivity contribution is -0.127. The van der Waals surface area contributed by atoms with Gasteiger partial charge in [-0.1, -0.05) is 26.2 Å². The Hall–Kier alpha value is -0.840. The van der Waals surface area contributed by atoms with Gasteiger partial charge < -0.3 is 5.32 Å². The van der Waals surface area contributed by atoms with Crippen LogP contribution in [0.25, 0.3) is 0 Å². The number of carbonyl (C=O) groups is 1. The van der Waals surface area contributed by atoms with Crippen LogP contribution in [-0.2, 0) is 4.79 Å². The zero-order chi connectivity index (χ0) is 13.0. The van der Waals surface area contributed by atoms with Gasteiger partial charge in [0, 0.05) is 12.0 Å². The molecule has 0 aromatic heterocycles. The highest BCUT2D eigenvalue weighted by Crippen LogP contribution is 2.26. The van der Waals surface area contributed by atoms with Crippen molar-refractivity contribution in [1.82, 2.24) is 16.2 Å². The van der Waals surface area contributed by atoms with Crippen molar-refractivity contribution in [3.63, 3.8) is 0 Å². The van der Waals surface area contributed by atoms with E-state index in [9.17, 15) is 4.79 Å². The zero-order valence-electron chi connectivity index (χ0n) is 11.0. The summed E-state index contributed by atoms with van der Waals surface area (Å²) in [5.74, 6) is 0.914. The first-order chi connectivity index (χ1) is 8.66. The van der Waals surface area contributed by atoms with E-state index < -0.39 is 0 Å². The Bertz CT molecular complexity index is 317. The van der Waals surface area contributed by atoms with Crippen LogP contribution >= 0.6 is 12.2 Å². The normalized spacial score (nSPS) is 28.1. The molecule has 0 aliphatic heterocycles. The third-order valence-corrected chi connectivity index (χ3v) is 4.42. The third kappa shape index (κ3) is 3.57. The maximum absolute atomic E-state index is 11.6. The highest BCUT2D eigenvalue weighted by Gasteiger charge is 2.25. The third-order valence-electron chi connectivity index (χ3n) is 4.20. The number of thiocarbonyl (C=S) groups is 1. The topological polar surface area (TPSA) is 53.2 Å². The molecule has 1 amide bonds. The molecule has 2 fully saturated rings. The van der Waals surface area contributed by atoms with Crippen LogP contribution in [0.5, 0.6) is 0 Å². The summed E-state index contributed by atoms with van der Waals surface area (Å²) in [4.78, 5) is 11.6. The van der Waals surface area contributed by atoms with Gasteiger partial charge in [0.1, 0.15) is 0 Å². The SMILES string of the molecule is C[C@@H]1CCCC[C@@H]1NC(=S)NNC(=O)C1CCC1. The van der Waals surface area contributed by atoms with Gasteiger partial charge in [0.05, 0.1) is 0 Å². The van der Waals surface area contributed by atoms with Crippen molar-refractivity contribution in [3.8, 4) is 0 Å². The van der Waals surface area contributed by atoms with Crippen molar-refractivity contribution in [3.05, 3.63) is 0 Å². The van der Waals surface area contributed by atoms with Crippen LogP contribution in [0.2, 0.25) is 0 Å². The molecule has 3 N–H and O–H groups in total. The van der Waals surface area contributed by atoms with Crippen molar-refractivity contribution in [2.45, 2.75) is 57.9 Å². The van der Waals surface area contributed by atoms with E-state index in [4.69, 9.17) is 12.2 Å². The van der Waals surface area contributed by atoms with Gasteiger partial charge in [-0.3, -0.25) is 15.6 Å². The summed E-state index contributed by atoms with van der Waals surface area (Å²) in [5, 5.41) is 3.85. The Morgan fingerprint density at radius 3 is 2.39 bits per heavy atom. The van der Waals surface area contributed by atoms with Crippen LogP contribution in [0, 0.1) is 11.8 Å². The Morgan fingerprint density at radius 1 is 1.06 bits per heavy atom. The van der Waals surface area contributed by atoms with Gasteiger partial charge in [-0.25, -0.2) is 0 Å². The molecule has 0 saturated heterocycles. The Morgan fingerprint density at radius 2 is 1.78 bits per heavy atom. The molecule has 2 aliphatic carbocycles. The molecule has 0 spiro atoms. The molecule has 4 nitrogen and oxygen atoms in total. The lowest BCUT2D eigenvalue weighted by Crippen LogP contribution is -2.53. The van der Waals surface area contributed by atoms with Crippen LogP contribution in [0.1, 0.15) is 51.9 Å². The number of carbonyl (C=O) groups excluding carboxylic acids is 1. The highest BCUT2D eigenvalue weighted by molar-refractivity contribution is 7.80. The zero-order valence-corrected chi connectivity index (χ0v) is 11.8. The molecule has 0 heterocycles. The molecular formula is C13H23N3OS. The summed E-state index contributed by atoms with van der Waals surface area (Å²) < 4.78 is 0. The summed E-state index contributed by atoms with van der Waals surface area (Å²) in [6.45, 7) is 2.26. The predicted molar refractivity (Wildman–Crippen MR) is 75.8 cm³/mol. The first-order valence-electron chi connectivity index (χ1n) is 7.03. The predicted octanol–water partition coefficient (Wildman–Crippen LogP) is 1.86. The fraction of sp³-hybridized carbons (Fsp3) is 0.846. The van der Waals surface area contributed by atoms with E-state index in [-0.39, 0.29) is 11.8 Å². The van der Waals surface area contributed by atoms with E-state index >= 15 is 0 Å². The van der Waals surface area contributed by atoms with Gasteiger partial charge in [-0.2, -0.15) is 0 Å². The smallest absolute Gasteiger partial charge is 0.241 e. The maximum atomic E-state index is 11.6. The summed E-state index contributed by atoms with van der Waals surface area (Å²) in [6.07, 6.45) is 8.19. The van der Waals surface area contributed by atoms with E-state index in [0.717, 1.165) is 12.8 Å². The molecule has 5 heteroatoms. The van der Waals surface area contributed by atoms with Crippen LogP contribution in [0.15, 0.2) is 0 Å². The van der Waals surface area contributed by atoms with Gasteiger partial charge in [0.2, 0.25) is 5.91 Å². The van der Waals surface area contributed by atoms with Crippen molar-refractivity contribution >= 4 is 23.2 Å². The maximum Gasteiger partial charge on any atom is 0.241 e. The molecule has 0 aromatic rings. The minimum Gasteiger partial charge on any atom is -0.358 e. The number of hydrogen-bond donors (Lipinski definition) is 3.